The van der Waals surface area contributed by atoms with Crippen LogP contribution in [0.4, 0.5) is 5.82 Å². The summed E-state index contributed by atoms with van der Waals surface area (Å²) in [5.74, 6) is 1.21. The van der Waals surface area contributed by atoms with E-state index in [2.05, 4.69) is 29.4 Å². The maximum absolute atomic E-state index is 5.67. The number of hydrogen-bond donors (Lipinski definition) is 3. The SMILES string of the molecule is CC(C)C1NCc2c(N)n[nH]c21. The van der Waals surface area contributed by atoms with Crippen molar-refractivity contribution in [1.82, 2.24) is 15.5 Å². The van der Waals surface area contributed by atoms with Crippen LogP contribution in [0.5, 0.6) is 0 Å². The Morgan fingerprint density at radius 1 is 1.58 bits per heavy atom. The number of nitrogens with zero attached hydrogens (tertiary/aromatic N) is 1. The molecule has 2 rings (SSSR count). The van der Waals surface area contributed by atoms with Gasteiger partial charge in [-0.25, -0.2) is 0 Å². The smallest absolute Gasteiger partial charge is 0.150 e. The minimum atomic E-state index is 0.393. The fourth-order valence-corrected chi connectivity index (χ4v) is 1.72. The molecule has 1 aliphatic rings. The summed E-state index contributed by atoms with van der Waals surface area (Å²) in [6, 6.07) is 0.393. The molecule has 0 amide bonds. The van der Waals surface area contributed by atoms with Crippen LogP contribution in [0.25, 0.3) is 0 Å². The molecule has 0 aromatic carbocycles. The summed E-state index contributed by atoms with van der Waals surface area (Å²) in [7, 11) is 0. The van der Waals surface area contributed by atoms with Crippen LogP contribution in [-0.4, -0.2) is 10.2 Å². The third-order valence-electron chi connectivity index (χ3n) is 2.41. The van der Waals surface area contributed by atoms with Gasteiger partial charge in [-0.05, 0) is 5.92 Å². The van der Waals surface area contributed by atoms with Crippen molar-refractivity contribution in [2.75, 3.05) is 5.73 Å². The van der Waals surface area contributed by atoms with Gasteiger partial charge in [-0.1, -0.05) is 13.8 Å². The third-order valence-corrected chi connectivity index (χ3v) is 2.41. The van der Waals surface area contributed by atoms with Crippen molar-refractivity contribution in [3.05, 3.63) is 11.3 Å². The second-order valence-electron chi connectivity index (χ2n) is 3.60. The van der Waals surface area contributed by atoms with E-state index in [1.54, 1.807) is 0 Å². The topological polar surface area (TPSA) is 66.7 Å². The number of aromatic amines is 1. The summed E-state index contributed by atoms with van der Waals surface area (Å²) >= 11 is 0. The lowest BCUT2D eigenvalue weighted by Gasteiger charge is -2.13. The Hall–Kier alpha value is -1.03. The number of hydrogen-bond acceptors (Lipinski definition) is 3. The monoisotopic (exact) mass is 166 g/mol. The molecule has 4 nitrogen and oxygen atoms in total. The van der Waals surface area contributed by atoms with E-state index in [-0.39, 0.29) is 0 Å². The van der Waals surface area contributed by atoms with Gasteiger partial charge < -0.3 is 11.1 Å². The molecule has 0 spiro atoms. The highest BCUT2D eigenvalue weighted by molar-refractivity contribution is 5.45. The fraction of sp³-hybridized carbons (Fsp3) is 0.625. The van der Waals surface area contributed by atoms with Gasteiger partial charge >= 0.3 is 0 Å². The van der Waals surface area contributed by atoms with Gasteiger partial charge in [0.1, 0.15) is 5.82 Å². The van der Waals surface area contributed by atoms with E-state index < -0.39 is 0 Å². The molecule has 0 bridgehead atoms. The Bertz CT molecular complexity index is 289. The van der Waals surface area contributed by atoms with Crippen molar-refractivity contribution < 1.29 is 0 Å². The average molecular weight is 166 g/mol. The normalized spacial score (nSPS) is 21.8. The van der Waals surface area contributed by atoms with Gasteiger partial charge in [0.25, 0.3) is 0 Å². The summed E-state index contributed by atoms with van der Waals surface area (Å²) in [5, 5.41) is 10.4. The molecular weight excluding hydrogens is 152 g/mol. The van der Waals surface area contributed by atoms with Gasteiger partial charge in [0.05, 0.1) is 11.7 Å². The van der Waals surface area contributed by atoms with Crippen molar-refractivity contribution in [3.63, 3.8) is 0 Å². The van der Waals surface area contributed by atoms with Crippen molar-refractivity contribution in [2.45, 2.75) is 26.4 Å². The van der Waals surface area contributed by atoms with Crippen LogP contribution in [0.1, 0.15) is 31.1 Å². The molecule has 2 heterocycles. The van der Waals surface area contributed by atoms with Crippen LogP contribution in [0.15, 0.2) is 0 Å². The molecule has 12 heavy (non-hydrogen) atoms. The quantitative estimate of drug-likeness (QED) is 0.578. The Kier molecular flexibility index (Phi) is 1.58. The molecule has 0 aliphatic carbocycles. The highest BCUT2D eigenvalue weighted by atomic mass is 15.2. The lowest BCUT2D eigenvalue weighted by Crippen LogP contribution is -2.18. The number of fused-ring (bicyclic) bond motifs is 1. The van der Waals surface area contributed by atoms with Crippen molar-refractivity contribution in [3.8, 4) is 0 Å². The van der Waals surface area contributed by atoms with E-state index in [9.17, 15) is 0 Å². The van der Waals surface area contributed by atoms with E-state index in [0.717, 1.165) is 12.1 Å². The fourth-order valence-electron chi connectivity index (χ4n) is 1.72. The number of anilines is 1. The Morgan fingerprint density at radius 3 is 3.00 bits per heavy atom. The average Bonchev–Trinajstić information content (AvgIpc) is 2.53. The predicted molar refractivity (Wildman–Crippen MR) is 47.4 cm³/mol. The summed E-state index contributed by atoms with van der Waals surface area (Å²) in [6.07, 6.45) is 0. The Labute approximate surface area is 71.5 Å². The predicted octanol–water partition coefficient (Wildman–Crippen LogP) is 0.792. The molecule has 1 aromatic rings. The first-order valence-electron chi connectivity index (χ1n) is 4.26. The molecule has 4 heteroatoms. The molecule has 4 N–H and O–H groups in total. The molecule has 0 saturated carbocycles. The van der Waals surface area contributed by atoms with E-state index in [1.807, 2.05) is 0 Å². The molecule has 1 atom stereocenters. The van der Waals surface area contributed by atoms with Crippen LogP contribution < -0.4 is 11.1 Å². The molecule has 1 aliphatic heterocycles. The van der Waals surface area contributed by atoms with Crippen molar-refractivity contribution >= 4 is 5.82 Å². The summed E-state index contributed by atoms with van der Waals surface area (Å²) in [5.41, 5.74) is 7.99. The lowest BCUT2D eigenvalue weighted by atomic mass is 10.0. The zero-order valence-corrected chi connectivity index (χ0v) is 7.39. The van der Waals surface area contributed by atoms with Gasteiger partial charge in [-0.2, -0.15) is 5.10 Å². The highest BCUT2D eigenvalue weighted by Crippen LogP contribution is 2.31. The largest absolute Gasteiger partial charge is 0.382 e. The molecular formula is C8H14N4. The van der Waals surface area contributed by atoms with Crippen molar-refractivity contribution in [1.29, 1.82) is 0 Å². The zero-order chi connectivity index (χ0) is 8.72. The van der Waals surface area contributed by atoms with Crippen LogP contribution >= 0.6 is 0 Å². The van der Waals surface area contributed by atoms with Crippen LogP contribution in [0.3, 0.4) is 0 Å². The lowest BCUT2D eigenvalue weighted by molar-refractivity contribution is 0.432. The second kappa shape index (κ2) is 2.48. The van der Waals surface area contributed by atoms with Crippen LogP contribution in [0.2, 0.25) is 0 Å². The number of nitrogen functional groups attached to an aromatic ring is 1. The first kappa shape index (κ1) is 7.61. The zero-order valence-electron chi connectivity index (χ0n) is 7.39. The molecule has 1 unspecified atom stereocenters. The maximum atomic E-state index is 5.67. The number of nitrogens with one attached hydrogen (secondary N) is 2. The Balaban J connectivity index is 2.36. The Morgan fingerprint density at radius 2 is 2.33 bits per heavy atom. The van der Waals surface area contributed by atoms with Gasteiger partial charge in [0, 0.05) is 12.1 Å². The van der Waals surface area contributed by atoms with Gasteiger partial charge in [-0.15, -0.1) is 0 Å². The molecule has 0 fully saturated rings. The number of rotatable bonds is 1. The van der Waals surface area contributed by atoms with Crippen LogP contribution in [-0.2, 0) is 6.54 Å². The van der Waals surface area contributed by atoms with Crippen LogP contribution in [0, 0.1) is 5.92 Å². The van der Waals surface area contributed by atoms with E-state index >= 15 is 0 Å². The van der Waals surface area contributed by atoms with E-state index in [4.69, 9.17) is 5.73 Å². The first-order chi connectivity index (χ1) is 5.70. The van der Waals surface area contributed by atoms with E-state index in [0.29, 0.717) is 17.8 Å². The second-order valence-corrected chi connectivity index (χ2v) is 3.60. The number of nitrogens with two attached hydrogens (primary N) is 1. The van der Waals surface area contributed by atoms with Gasteiger partial charge in [0.2, 0.25) is 0 Å². The molecule has 1 aromatic heterocycles. The highest BCUT2D eigenvalue weighted by Gasteiger charge is 2.28. The molecule has 66 valence electrons. The third kappa shape index (κ3) is 0.914. The van der Waals surface area contributed by atoms with E-state index in [1.165, 1.54) is 5.69 Å². The summed E-state index contributed by atoms with van der Waals surface area (Å²) in [4.78, 5) is 0. The van der Waals surface area contributed by atoms with Crippen molar-refractivity contribution in [2.24, 2.45) is 5.92 Å². The maximum Gasteiger partial charge on any atom is 0.150 e. The van der Waals surface area contributed by atoms with Gasteiger partial charge in [-0.3, -0.25) is 5.10 Å². The summed E-state index contributed by atoms with van der Waals surface area (Å²) in [6.45, 7) is 5.22. The minimum absolute atomic E-state index is 0.393. The summed E-state index contributed by atoms with van der Waals surface area (Å²) < 4.78 is 0. The molecule has 0 saturated heterocycles. The minimum Gasteiger partial charge on any atom is -0.382 e. The first-order valence-corrected chi connectivity index (χ1v) is 4.26. The molecule has 0 radical (unpaired) electrons. The number of aromatic nitrogens is 2. The number of H-pyrrole nitrogens is 1. The van der Waals surface area contributed by atoms with Gasteiger partial charge in [0.15, 0.2) is 0 Å². The standard InChI is InChI=1S/C8H14N4/c1-4(2)6-7-5(3-10-6)8(9)12-11-7/h4,6,10H,3H2,1-2H3,(H3,9,11,12).